The van der Waals surface area contributed by atoms with Gasteiger partial charge in [-0.3, -0.25) is 4.79 Å². The topological polar surface area (TPSA) is 29.5 Å². The van der Waals surface area contributed by atoms with E-state index in [2.05, 4.69) is 13.8 Å². The highest BCUT2D eigenvalue weighted by Gasteiger charge is 2.24. The normalized spacial score (nSPS) is 27.8. The summed E-state index contributed by atoms with van der Waals surface area (Å²) in [6, 6.07) is 0. The first kappa shape index (κ1) is 11.5. The minimum atomic E-state index is 0.144. The highest BCUT2D eigenvalue weighted by molar-refractivity contribution is 5.77. The van der Waals surface area contributed by atoms with Crippen LogP contribution >= 0.6 is 0 Å². The second-order valence-corrected chi connectivity index (χ2v) is 4.38. The number of carbonyl (C=O) groups excluding carboxylic acids is 1. The molecule has 0 bridgehead atoms. The van der Waals surface area contributed by atoms with Crippen LogP contribution in [0.15, 0.2) is 0 Å². The van der Waals surface area contributed by atoms with Gasteiger partial charge in [-0.05, 0) is 25.2 Å². The number of rotatable bonds is 3. The molecule has 1 heterocycles. The van der Waals surface area contributed by atoms with Crippen LogP contribution in [-0.2, 0) is 9.53 Å². The molecule has 0 radical (unpaired) electrons. The quantitative estimate of drug-likeness (QED) is 0.690. The van der Waals surface area contributed by atoms with Crippen LogP contribution in [-0.4, -0.2) is 37.1 Å². The Morgan fingerprint density at radius 3 is 2.43 bits per heavy atom. The van der Waals surface area contributed by atoms with Gasteiger partial charge in [0.05, 0.1) is 0 Å². The molecule has 1 saturated heterocycles. The zero-order chi connectivity index (χ0) is 10.6. The Morgan fingerprint density at radius 1 is 1.36 bits per heavy atom. The summed E-state index contributed by atoms with van der Waals surface area (Å²) < 4.78 is 5.13. The van der Waals surface area contributed by atoms with E-state index >= 15 is 0 Å². The van der Waals surface area contributed by atoms with Crippen LogP contribution in [0, 0.1) is 11.8 Å². The van der Waals surface area contributed by atoms with E-state index in [1.165, 1.54) is 6.42 Å². The average Bonchev–Trinajstić information content (AvgIpc) is 2.12. The smallest absolute Gasteiger partial charge is 0.248 e. The van der Waals surface area contributed by atoms with Crippen LogP contribution in [0.2, 0.25) is 0 Å². The van der Waals surface area contributed by atoms with Gasteiger partial charge in [0.2, 0.25) is 5.91 Å². The van der Waals surface area contributed by atoms with Crippen molar-refractivity contribution in [1.82, 2.24) is 4.90 Å². The highest BCUT2D eigenvalue weighted by atomic mass is 16.5. The van der Waals surface area contributed by atoms with Crippen molar-refractivity contribution in [2.45, 2.75) is 27.2 Å². The Bertz CT molecular complexity index is 184. The first-order valence-electron chi connectivity index (χ1n) is 5.49. The maximum Gasteiger partial charge on any atom is 0.248 e. The van der Waals surface area contributed by atoms with Gasteiger partial charge in [0.25, 0.3) is 0 Å². The Balaban J connectivity index is 2.38. The molecule has 82 valence electrons. The number of hydrogen-bond acceptors (Lipinski definition) is 2. The SMILES string of the molecule is CCOCC(=O)N1C[C@H](C)C[C@@H](C)C1. The second-order valence-electron chi connectivity index (χ2n) is 4.38. The Hall–Kier alpha value is -0.570. The zero-order valence-corrected chi connectivity index (χ0v) is 9.45. The van der Waals surface area contributed by atoms with E-state index in [1.54, 1.807) is 0 Å². The van der Waals surface area contributed by atoms with E-state index in [9.17, 15) is 4.79 Å². The minimum absolute atomic E-state index is 0.144. The minimum Gasteiger partial charge on any atom is -0.372 e. The summed E-state index contributed by atoms with van der Waals surface area (Å²) in [7, 11) is 0. The average molecular weight is 199 g/mol. The molecule has 0 N–H and O–H groups in total. The van der Waals surface area contributed by atoms with Crippen molar-refractivity contribution in [3.05, 3.63) is 0 Å². The fourth-order valence-electron chi connectivity index (χ4n) is 2.15. The largest absolute Gasteiger partial charge is 0.372 e. The summed E-state index contributed by atoms with van der Waals surface area (Å²) in [5.41, 5.74) is 0. The molecule has 1 aliphatic heterocycles. The standard InChI is InChI=1S/C11H21NO2/c1-4-14-8-11(13)12-6-9(2)5-10(3)7-12/h9-10H,4-8H2,1-3H3/t9-,10-/m1/s1. The number of carbonyl (C=O) groups is 1. The van der Waals surface area contributed by atoms with Crippen molar-refractivity contribution < 1.29 is 9.53 Å². The van der Waals surface area contributed by atoms with Gasteiger partial charge in [-0.15, -0.1) is 0 Å². The van der Waals surface area contributed by atoms with E-state index in [1.807, 2.05) is 11.8 Å². The van der Waals surface area contributed by atoms with E-state index in [4.69, 9.17) is 4.74 Å². The van der Waals surface area contributed by atoms with Crippen LogP contribution in [0.5, 0.6) is 0 Å². The number of piperidine rings is 1. The molecule has 0 unspecified atom stereocenters. The van der Waals surface area contributed by atoms with Crippen LogP contribution in [0.25, 0.3) is 0 Å². The predicted molar refractivity (Wildman–Crippen MR) is 56.0 cm³/mol. The van der Waals surface area contributed by atoms with Crippen LogP contribution in [0.3, 0.4) is 0 Å². The molecule has 3 heteroatoms. The van der Waals surface area contributed by atoms with Gasteiger partial charge in [0, 0.05) is 19.7 Å². The molecule has 0 spiro atoms. The summed E-state index contributed by atoms with van der Waals surface area (Å²) >= 11 is 0. The zero-order valence-electron chi connectivity index (χ0n) is 9.45. The lowest BCUT2D eigenvalue weighted by molar-refractivity contribution is -0.138. The molecular weight excluding hydrogens is 178 g/mol. The van der Waals surface area contributed by atoms with Crippen molar-refractivity contribution in [1.29, 1.82) is 0 Å². The van der Waals surface area contributed by atoms with Crippen molar-refractivity contribution in [2.75, 3.05) is 26.3 Å². The summed E-state index contributed by atoms with van der Waals surface area (Å²) in [6.07, 6.45) is 1.23. The summed E-state index contributed by atoms with van der Waals surface area (Å²) in [4.78, 5) is 13.6. The van der Waals surface area contributed by atoms with Crippen LogP contribution < -0.4 is 0 Å². The van der Waals surface area contributed by atoms with Gasteiger partial charge in [0.1, 0.15) is 6.61 Å². The molecule has 1 fully saturated rings. The van der Waals surface area contributed by atoms with Gasteiger partial charge >= 0.3 is 0 Å². The second kappa shape index (κ2) is 5.35. The first-order chi connectivity index (χ1) is 6.63. The summed E-state index contributed by atoms with van der Waals surface area (Å²) in [6.45, 7) is 8.98. The van der Waals surface area contributed by atoms with Crippen molar-refractivity contribution in [3.63, 3.8) is 0 Å². The number of amides is 1. The van der Waals surface area contributed by atoms with Gasteiger partial charge in [-0.2, -0.15) is 0 Å². The molecule has 0 aromatic carbocycles. The highest BCUT2D eigenvalue weighted by Crippen LogP contribution is 2.20. The Kier molecular flexibility index (Phi) is 4.39. The van der Waals surface area contributed by atoms with E-state index in [0.717, 1.165) is 13.1 Å². The third-order valence-corrected chi connectivity index (χ3v) is 2.65. The number of likely N-dealkylation sites (tertiary alicyclic amines) is 1. The third kappa shape index (κ3) is 3.29. The van der Waals surface area contributed by atoms with Gasteiger partial charge < -0.3 is 9.64 Å². The monoisotopic (exact) mass is 199 g/mol. The lowest BCUT2D eigenvalue weighted by Gasteiger charge is -2.34. The summed E-state index contributed by atoms with van der Waals surface area (Å²) in [5.74, 6) is 1.40. The fourth-order valence-corrected chi connectivity index (χ4v) is 2.15. The maximum absolute atomic E-state index is 11.6. The maximum atomic E-state index is 11.6. The number of nitrogens with zero attached hydrogens (tertiary/aromatic N) is 1. The lowest BCUT2D eigenvalue weighted by Crippen LogP contribution is -2.44. The molecule has 1 rings (SSSR count). The molecule has 14 heavy (non-hydrogen) atoms. The van der Waals surface area contributed by atoms with Gasteiger partial charge in [0.15, 0.2) is 0 Å². The molecule has 0 aliphatic carbocycles. The first-order valence-corrected chi connectivity index (χ1v) is 5.49. The van der Waals surface area contributed by atoms with Crippen molar-refractivity contribution >= 4 is 5.91 Å². The van der Waals surface area contributed by atoms with Crippen LogP contribution in [0.4, 0.5) is 0 Å². The van der Waals surface area contributed by atoms with E-state index < -0.39 is 0 Å². The molecular formula is C11H21NO2. The number of hydrogen-bond donors (Lipinski definition) is 0. The molecule has 0 aromatic rings. The molecule has 0 aromatic heterocycles. The lowest BCUT2D eigenvalue weighted by atomic mass is 9.92. The Labute approximate surface area is 86.4 Å². The molecule has 0 saturated carbocycles. The molecule has 2 atom stereocenters. The van der Waals surface area contributed by atoms with Crippen molar-refractivity contribution in [3.8, 4) is 0 Å². The molecule has 1 aliphatic rings. The van der Waals surface area contributed by atoms with Crippen LogP contribution in [0.1, 0.15) is 27.2 Å². The van der Waals surface area contributed by atoms with E-state index in [-0.39, 0.29) is 12.5 Å². The predicted octanol–water partition coefficient (Wildman–Crippen LogP) is 1.53. The van der Waals surface area contributed by atoms with Gasteiger partial charge in [-0.1, -0.05) is 13.8 Å². The summed E-state index contributed by atoms with van der Waals surface area (Å²) in [5, 5.41) is 0. The number of ether oxygens (including phenoxy) is 1. The fraction of sp³-hybridized carbons (Fsp3) is 0.909. The Morgan fingerprint density at radius 2 is 1.93 bits per heavy atom. The van der Waals surface area contributed by atoms with Crippen molar-refractivity contribution in [2.24, 2.45) is 11.8 Å². The molecule has 1 amide bonds. The van der Waals surface area contributed by atoms with E-state index in [0.29, 0.717) is 18.4 Å². The molecule has 3 nitrogen and oxygen atoms in total. The van der Waals surface area contributed by atoms with Gasteiger partial charge in [-0.25, -0.2) is 0 Å². The third-order valence-electron chi connectivity index (χ3n) is 2.65.